The standard InChI is InChI=1S/C24H29F3N4O2S/c1-15-8-23(21-19(2-5-33-23)20(14-32)22(34-21)24(25,26)27)3-4-30(15)11-18-10-29-31(13-18)12-17-6-16(7-17)9-28/h10,13,15-17,32H,2-8,11-12,14H2,1H3/t15-,16?,17?,23+/m0/s1. The van der Waals surface area contributed by atoms with Crippen molar-refractivity contribution in [2.24, 2.45) is 11.8 Å². The van der Waals surface area contributed by atoms with Crippen LogP contribution < -0.4 is 0 Å². The van der Waals surface area contributed by atoms with E-state index in [1.54, 1.807) is 0 Å². The lowest BCUT2D eigenvalue weighted by Crippen LogP contribution is -2.50. The molecule has 2 aromatic heterocycles. The van der Waals surface area contributed by atoms with Crippen LogP contribution in [0.4, 0.5) is 13.2 Å². The van der Waals surface area contributed by atoms with Crippen LogP contribution in [0.3, 0.4) is 0 Å². The number of piperidine rings is 1. The second-order valence-corrected chi connectivity index (χ2v) is 11.0. The van der Waals surface area contributed by atoms with Crippen molar-refractivity contribution in [3.63, 3.8) is 0 Å². The summed E-state index contributed by atoms with van der Waals surface area (Å²) in [6.45, 7) is 4.16. The Morgan fingerprint density at radius 3 is 2.85 bits per heavy atom. The number of nitrogens with zero attached hydrogens (tertiary/aromatic N) is 4. The van der Waals surface area contributed by atoms with E-state index in [2.05, 4.69) is 29.2 Å². The lowest BCUT2D eigenvalue weighted by Gasteiger charge is -2.47. The lowest BCUT2D eigenvalue weighted by molar-refractivity contribution is -0.135. The Balaban J connectivity index is 1.27. The highest BCUT2D eigenvalue weighted by molar-refractivity contribution is 7.12. The van der Waals surface area contributed by atoms with Crippen molar-refractivity contribution >= 4 is 11.3 Å². The highest BCUT2D eigenvalue weighted by atomic mass is 32.1. The Morgan fingerprint density at radius 1 is 1.38 bits per heavy atom. The first-order valence-electron chi connectivity index (χ1n) is 11.8. The van der Waals surface area contributed by atoms with Gasteiger partial charge in [-0.2, -0.15) is 23.5 Å². The number of aromatic nitrogens is 2. The molecule has 34 heavy (non-hydrogen) atoms. The van der Waals surface area contributed by atoms with Gasteiger partial charge in [0.1, 0.15) is 10.5 Å². The molecule has 0 radical (unpaired) electrons. The molecule has 10 heteroatoms. The Hall–Kier alpha value is -1.93. The van der Waals surface area contributed by atoms with E-state index in [1.807, 2.05) is 10.9 Å². The molecule has 1 spiro atoms. The Morgan fingerprint density at radius 2 is 2.18 bits per heavy atom. The lowest BCUT2D eigenvalue weighted by atomic mass is 9.76. The number of thiophene rings is 1. The van der Waals surface area contributed by atoms with E-state index in [0.717, 1.165) is 42.8 Å². The maximum Gasteiger partial charge on any atom is 0.425 e. The third-order valence-electron chi connectivity index (χ3n) is 7.66. The molecular formula is C24H29F3N4O2S. The third-order valence-corrected chi connectivity index (χ3v) is 9.17. The van der Waals surface area contributed by atoms with E-state index in [-0.39, 0.29) is 17.5 Å². The van der Waals surface area contributed by atoms with Gasteiger partial charge >= 0.3 is 6.18 Å². The number of alkyl halides is 3. The van der Waals surface area contributed by atoms with Crippen LogP contribution in [-0.2, 0) is 42.6 Å². The minimum atomic E-state index is -4.47. The molecule has 4 heterocycles. The number of hydrogen-bond donors (Lipinski definition) is 1. The predicted octanol–water partition coefficient (Wildman–Crippen LogP) is 4.46. The Labute approximate surface area is 200 Å². The molecule has 6 nitrogen and oxygen atoms in total. The van der Waals surface area contributed by atoms with E-state index >= 15 is 0 Å². The van der Waals surface area contributed by atoms with E-state index in [9.17, 15) is 18.3 Å². The molecule has 0 unspecified atom stereocenters. The summed E-state index contributed by atoms with van der Waals surface area (Å²) in [6.07, 6.45) is 3.01. The molecule has 2 aliphatic heterocycles. The van der Waals surface area contributed by atoms with Gasteiger partial charge in [-0.05, 0) is 50.5 Å². The average molecular weight is 495 g/mol. The summed E-state index contributed by atoms with van der Waals surface area (Å²) in [5.74, 6) is 0.702. The van der Waals surface area contributed by atoms with E-state index in [1.165, 1.54) is 0 Å². The van der Waals surface area contributed by atoms with Crippen LogP contribution in [0.2, 0.25) is 0 Å². The SMILES string of the molecule is C[C@H]1C[C@@]2(CCN1Cc1cnn(CC3CC(C#N)C3)c1)OCCc1c2sc(C(F)(F)F)c1CO. The molecular weight excluding hydrogens is 465 g/mol. The maximum atomic E-state index is 13.6. The molecule has 0 amide bonds. The quantitative estimate of drug-likeness (QED) is 0.665. The van der Waals surface area contributed by atoms with Gasteiger partial charge in [-0.3, -0.25) is 9.58 Å². The summed E-state index contributed by atoms with van der Waals surface area (Å²) >= 11 is 0.762. The fraction of sp³-hybridized carbons (Fsp3) is 0.667. The maximum absolute atomic E-state index is 13.6. The van der Waals surface area contributed by atoms with Crippen molar-refractivity contribution in [1.29, 1.82) is 5.26 Å². The molecule has 2 aromatic rings. The van der Waals surface area contributed by atoms with Gasteiger partial charge in [0.05, 0.1) is 25.5 Å². The van der Waals surface area contributed by atoms with Crippen molar-refractivity contribution in [1.82, 2.24) is 14.7 Å². The highest BCUT2D eigenvalue weighted by Gasteiger charge is 2.48. The molecule has 2 atom stereocenters. The second kappa shape index (κ2) is 8.94. The number of likely N-dealkylation sites (tertiary alicyclic amines) is 1. The van der Waals surface area contributed by atoms with Gasteiger partial charge in [0, 0.05) is 53.8 Å². The summed E-state index contributed by atoms with van der Waals surface area (Å²) in [5, 5.41) is 23.1. The molecule has 1 saturated carbocycles. The van der Waals surface area contributed by atoms with Gasteiger partial charge in [-0.1, -0.05) is 0 Å². The predicted molar refractivity (Wildman–Crippen MR) is 120 cm³/mol. The first kappa shape index (κ1) is 23.8. The van der Waals surface area contributed by atoms with Crippen LogP contribution in [0.25, 0.3) is 0 Å². The monoisotopic (exact) mass is 494 g/mol. The smallest absolute Gasteiger partial charge is 0.392 e. The molecule has 2 fully saturated rings. The van der Waals surface area contributed by atoms with Gasteiger partial charge < -0.3 is 9.84 Å². The van der Waals surface area contributed by atoms with Gasteiger partial charge in [0.25, 0.3) is 0 Å². The summed E-state index contributed by atoms with van der Waals surface area (Å²) in [4.78, 5) is 2.32. The number of ether oxygens (including phenoxy) is 1. The largest absolute Gasteiger partial charge is 0.425 e. The van der Waals surface area contributed by atoms with Crippen molar-refractivity contribution in [2.45, 2.75) is 76.5 Å². The molecule has 1 saturated heterocycles. The van der Waals surface area contributed by atoms with E-state index in [4.69, 9.17) is 10.00 Å². The van der Waals surface area contributed by atoms with E-state index < -0.39 is 23.3 Å². The summed E-state index contributed by atoms with van der Waals surface area (Å²) in [6, 6.07) is 2.44. The molecule has 0 aromatic carbocycles. The zero-order chi connectivity index (χ0) is 24.1. The fourth-order valence-corrected chi connectivity index (χ4v) is 7.25. The first-order chi connectivity index (χ1) is 16.2. The molecule has 1 N–H and O–H groups in total. The fourth-order valence-electron chi connectivity index (χ4n) is 5.84. The highest BCUT2D eigenvalue weighted by Crippen LogP contribution is 2.51. The van der Waals surface area contributed by atoms with Gasteiger partial charge in [0.15, 0.2) is 0 Å². The molecule has 3 aliphatic rings. The minimum absolute atomic E-state index is 0.0326. The summed E-state index contributed by atoms with van der Waals surface area (Å²) < 4.78 is 49.1. The van der Waals surface area contributed by atoms with Crippen molar-refractivity contribution < 1.29 is 23.0 Å². The summed E-state index contributed by atoms with van der Waals surface area (Å²) in [7, 11) is 0. The number of aliphatic hydroxyl groups is 1. The first-order valence-corrected chi connectivity index (χ1v) is 12.7. The zero-order valence-electron chi connectivity index (χ0n) is 19.1. The van der Waals surface area contributed by atoms with Gasteiger partial charge in [0.2, 0.25) is 0 Å². The number of aliphatic hydroxyl groups excluding tert-OH is 1. The molecule has 184 valence electrons. The van der Waals surface area contributed by atoms with Crippen molar-refractivity contribution in [3.05, 3.63) is 38.8 Å². The third kappa shape index (κ3) is 4.28. The number of nitriles is 1. The number of rotatable bonds is 5. The number of hydrogen-bond acceptors (Lipinski definition) is 6. The second-order valence-electron chi connectivity index (χ2n) is 9.97. The Kier molecular flexibility index (Phi) is 6.25. The minimum Gasteiger partial charge on any atom is -0.392 e. The Bertz CT molecular complexity index is 1090. The van der Waals surface area contributed by atoms with Crippen LogP contribution in [0, 0.1) is 23.2 Å². The topological polar surface area (TPSA) is 74.3 Å². The van der Waals surface area contributed by atoms with Crippen LogP contribution in [0.15, 0.2) is 12.4 Å². The molecule has 0 bridgehead atoms. The normalized spacial score (nSPS) is 29.6. The van der Waals surface area contributed by atoms with Crippen LogP contribution >= 0.6 is 11.3 Å². The van der Waals surface area contributed by atoms with Crippen LogP contribution in [-0.4, -0.2) is 39.0 Å². The van der Waals surface area contributed by atoms with Crippen LogP contribution in [0.5, 0.6) is 0 Å². The van der Waals surface area contributed by atoms with Gasteiger partial charge in [-0.15, -0.1) is 11.3 Å². The molecule has 5 rings (SSSR count). The van der Waals surface area contributed by atoms with E-state index in [0.29, 0.717) is 48.8 Å². The van der Waals surface area contributed by atoms with Crippen LogP contribution in [0.1, 0.15) is 59.1 Å². The zero-order valence-corrected chi connectivity index (χ0v) is 20.0. The van der Waals surface area contributed by atoms with Crippen molar-refractivity contribution in [3.8, 4) is 6.07 Å². The molecule has 1 aliphatic carbocycles. The average Bonchev–Trinajstić information content (AvgIpc) is 3.37. The number of fused-ring (bicyclic) bond motifs is 2. The number of halogens is 3. The van der Waals surface area contributed by atoms with Gasteiger partial charge in [-0.25, -0.2) is 0 Å². The van der Waals surface area contributed by atoms with Crippen molar-refractivity contribution in [2.75, 3.05) is 13.2 Å². The summed E-state index contributed by atoms with van der Waals surface area (Å²) in [5.41, 5.74) is 1.07.